The Kier molecular flexibility index (Phi) is 5.57. The van der Waals surface area contributed by atoms with Crippen molar-refractivity contribution >= 4 is 17.7 Å². The number of ketones is 1. The maximum atomic E-state index is 13.1. The standard InChI is InChI=1S/C17H27NO5/c1-3-18(12-8-5-9-13(18)16(21)22)15(20)14(19)17(23-2)10-6-4-7-11-17/h13H,3-12H2,1-2H3/p+1. The number of Topliss-reactive ketones (excluding diaryl/α,β-unsaturated/α-hetero) is 1. The number of hydrogen-bond donors (Lipinski definition) is 1. The van der Waals surface area contributed by atoms with Crippen molar-refractivity contribution in [1.29, 1.82) is 0 Å². The average molecular weight is 326 g/mol. The van der Waals surface area contributed by atoms with E-state index in [-0.39, 0.29) is 4.48 Å². The number of carbonyl (C=O) groups is 3. The fourth-order valence-corrected chi connectivity index (χ4v) is 4.28. The molecule has 1 amide bonds. The van der Waals surface area contributed by atoms with Crippen LogP contribution in [0.15, 0.2) is 0 Å². The summed E-state index contributed by atoms with van der Waals surface area (Å²) >= 11 is 0. The van der Waals surface area contributed by atoms with Gasteiger partial charge in [0.05, 0.1) is 13.1 Å². The van der Waals surface area contributed by atoms with Crippen molar-refractivity contribution in [1.82, 2.24) is 0 Å². The number of rotatable bonds is 5. The van der Waals surface area contributed by atoms with Crippen LogP contribution < -0.4 is 0 Å². The van der Waals surface area contributed by atoms with Crippen LogP contribution in [0.2, 0.25) is 0 Å². The average Bonchev–Trinajstić information content (AvgIpc) is 2.60. The molecule has 0 spiro atoms. The van der Waals surface area contributed by atoms with Crippen LogP contribution in [0.5, 0.6) is 0 Å². The molecule has 23 heavy (non-hydrogen) atoms. The number of likely N-dealkylation sites (tertiary alicyclic amines) is 1. The quantitative estimate of drug-likeness (QED) is 0.616. The van der Waals surface area contributed by atoms with Gasteiger partial charge in [0.15, 0.2) is 6.04 Å². The lowest BCUT2D eigenvalue weighted by Gasteiger charge is -2.44. The molecule has 2 atom stereocenters. The molecule has 6 nitrogen and oxygen atoms in total. The van der Waals surface area contributed by atoms with Gasteiger partial charge in [-0.3, -0.25) is 4.79 Å². The predicted molar refractivity (Wildman–Crippen MR) is 83.8 cm³/mol. The number of piperidine rings is 1. The van der Waals surface area contributed by atoms with E-state index in [0.717, 1.165) is 32.1 Å². The summed E-state index contributed by atoms with van der Waals surface area (Å²) in [7, 11) is 1.48. The Bertz CT molecular complexity index is 483. The molecule has 2 unspecified atom stereocenters. The third kappa shape index (κ3) is 3.06. The van der Waals surface area contributed by atoms with Gasteiger partial charge in [-0.15, -0.1) is 0 Å². The highest BCUT2D eigenvalue weighted by Crippen LogP contribution is 2.35. The van der Waals surface area contributed by atoms with E-state index in [9.17, 15) is 19.5 Å². The fourth-order valence-electron chi connectivity index (χ4n) is 4.28. The molecule has 0 aromatic heterocycles. The van der Waals surface area contributed by atoms with Gasteiger partial charge in [0.2, 0.25) is 0 Å². The van der Waals surface area contributed by atoms with Crippen LogP contribution >= 0.6 is 0 Å². The Labute approximate surface area is 137 Å². The second kappa shape index (κ2) is 7.09. The van der Waals surface area contributed by atoms with Gasteiger partial charge >= 0.3 is 11.9 Å². The minimum atomic E-state index is -1.05. The van der Waals surface area contributed by atoms with Crippen LogP contribution in [0.1, 0.15) is 58.3 Å². The summed E-state index contributed by atoms with van der Waals surface area (Å²) in [5.74, 6) is -2.07. The van der Waals surface area contributed by atoms with E-state index in [1.54, 1.807) is 6.92 Å². The minimum Gasteiger partial charge on any atom is -0.477 e. The number of carboxylic acids is 1. The third-order valence-corrected chi connectivity index (χ3v) is 5.80. The Morgan fingerprint density at radius 1 is 1.13 bits per heavy atom. The van der Waals surface area contributed by atoms with Crippen molar-refractivity contribution in [3.8, 4) is 0 Å². The molecule has 0 bridgehead atoms. The zero-order valence-corrected chi connectivity index (χ0v) is 14.2. The summed E-state index contributed by atoms with van der Waals surface area (Å²) in [4.78, 5) is 37.8. The van der Waals surface area contributed by atoms with E-state index in [2.05, 4.69) is 0 Å². The van der Waals surface area contributed by atoms with E-state index in [0.29, 0.717) is 32.4 Å². The fraction of sp³-hybridized carbons (Fsp3) is 0.824. The monoisotopic (exact) mass is 326 g/mol. The highest BCUT2D eigenvalue weighted by Gasteiger charge is 2.56. The molecule has 2 rings (SSSR count). The van der Waals surface area contributed by atoms with Gasteiger partial charge in [-0.2, -0.15) is 0 Å². The first-order valence-electron chi connectivity index (χ1n) is 8.67. The molecule has 1 saturated carbocycles. The number of nitrogens with zero attached hydrogens (tertiary/aromatic N) is 1. The lowest BCUT2D eigenvalue weighted by molar-refractivity contribution is -0.871. The van der Waals surface area contributed by atoms with E-state index in [1.807, 2.05) is 0 Å². The number of ether oxygens (including phenoxy) is 1. The summed E-state index contributed by atoms with van der Waals surface area (Å²) in [6.45, 7) is 2.56. The predicted octanol–water partition coefficient (Wildman–Crippen LogP) is 1.91. The molecule has 6 heteroatoms. The van der Waals surface area contributed by atoms with Crippen LogP contribution in [-0.2, 0) is 19.1 Å². The summed E-state index contributed by atoms with van der Waals surface area (Å²) in [6, 6.07) is -0.817. The van der Waals surface area contributed by atoms with Gasteiger partial charge in [0.1, 0.15) is 5.60 Å². The van der Waals surface area contributed by atoms with E-state index < -0.39 is 29.3 Å². The first kappa shape index (κ1) is 18.1. The maximum absolute atomic E-state index is 13.1. The van der Waals surface area contributed by atoms with Gasteiger partial charge < -0.3 is 9.84 Å². The summed E-state index contributed by atoms with van der Waals surface area (Å²) in [5, 5.41) is 9.56. The number of hydrogen-bond acceptors (Lipinski definition) is 4. The number of carboxylic acid groups (broad SMARTS) is 1. The molecule has 2 fully saturated rings. The lowest BCUT2D eigenvalue weighted by atomic mass is 9.80. The van der Waals surface area contributed by atoms with Gasteiger partial charge in [-0.05, 0) is 32.6 Å². The van der Waals surface area contributed by atoms with Crippen LogP contribution in [0.25, 0.3) is 0 Å². The van der Waals surface area contributed by atoms with Gasteiger partial charge in [0.25, 0.3) is 5.78 Å². The number of quaternary nitrogens is 1. The van der Waals surface area contributed by atoms with Crippen molar-refractivity contribution in [3.63, 3.8) is 0 Å². The topological polar surface area (TPSA) is 80.7 Å². The first-order chi connectivity index (χ1) is 10.9. The van der Waals surface area contributed by atoms with Crippen LogP contribution in [0, 0.1) is 0 Å². The minimum absolute atomic E-state index is 0.251. The number of aliphatic carboxylic acids is 1. The Morgan fingerprint density at radius 2 is 1.78 bits per heavy atom. The number of methoxy groups -OCH3 is 1. The SMILES string of the molecule is CC[N+]1(C(=O)C(=O)C2(OC)CCCCC2)CCCCC1C(=O)O. The Morgan fingerprint density at radius 3 is 2.30 bits per heavy atom. The van der Waals surface area contributed by atoms with Crippen LogP contribution in [0.4, 0.5) is 0 Å². The molecule has 1 N–H and O–H groups in total. The molecule has 0 aromatic carbocycles. The number of amides is 1. The van der Waals surface area contributed by atoms with Crippen LogP contribution in [0.3, 0.4) is 0 Å². The lowest BCUT2D eigenvalue weighted by Crippen LogP contribution is -2.68. The molecular formula is C17H28NO5+. The van der Waals surface area contributed by atoms with Crippen molar-refractivity contribution in [2.75, 3.05) is 20.2 Å². The molecule has 1 saturated heterocycles. The van der Waals surface area contributed by atoms with E-state index >= 15 is 0 Å². The molecule has 0 radical (unpaired) electrons. The molecular weight excluding hydrogens is 298 g/mol. The van der Waals surface area contributed by atoms with Crippen molar-refractivity contribution in [2.45, 2.75) is 69.9 Å². The number of likely N-dealkylation sites (N-methyl/N-ethyl adjacent to an activating group) is 1. The zero-order valence-electron chi connectivity index (χ0n) is 14.2. The van der Waals surface area contributed by atoms with E-state index in [4.69, 9.17) is 4.74 Å². The van der Waals surface area contributed by atoms with Crippen molar-refractivity contribution in [3.05, 3.63) is 0 Å². The largest absolute Gasteiger partial charge is 0.477 e. The highest BCUT2D eigenvalue weighted by molar-refractivity contribution is 6.36. The molecule has 1 aliphatic heterocycles. The van der Waals surface area contributed by atoms with Gasteiger partial charge in [-0.25, -0.2) is 14.1 Å². The summed E-state index contributed by atoms with van der Waals surface area (Å²) in [5.41, 5.74) is -1.05. The normalized spacial score (nSPS) is 30.6. The van der Waals surface area contributed by atoms with Crippen molar-refractivity contribution in [2.24, 2.45) is 0 Å². The maximum Gasteiger partial charge on any atom is 0.385 e. The van der Waals surface area contributed by atoms with Crippen LogP contribution in [-0.4, -0.2) is 59.1 Å². The van der Waals surface area contributed by atoms with Gasteiger partial charge in [-0.1, -0.05) is 19.3 Å². The first-order valence-corrected chi connectivity index (χ1v) is 8.67. The van der Waals surface area contributed by atoms with Gasteiger partial charge in [0, 0.05) is 13.5 Å². The zero-order chi connectivity index (χ0) is 17.1. The Hall–Kier alpha value is -1.27. The second-order valence-electron chi connectivity index (χ2n) is 6.82. The Balaban J connectivity index is 2.34. The third-order valence-electron chi connectivity index (χ3n) is 5.80. The molecule has 1 aliphatic carbocycles. The number of carbonyl (C=O) groups excluding carboxylic acids is 2. The van der Waals surface area contributed by atoms with Crippen molar-refractivity contribution < 1.29 is 28.7 Å². The second-order valence-corrected chi connectivity index (χ2v) is 6.82. The molecule has 1 heterocycles. The summed E-state index contributed by atoms with van der Waals surface area (Å²) < 4.78 is 5.26. The molecule has 130 valence electrons. The highest BCUT2D eigenvalue weighted by atomic mass is 16.5. The summed E-state index contributed by atoms with van der Waals surface area (Å²) in [6.07, 6.45) is 5.87. The molecule has 2 aliphatic rings. The smallest absolute Gasteiger partial charge is 0.385 e. The molecule has 0 aromatic rings. The van der Waals surface area contributed by atoms with E-state index in [1.165, 1.54) is 7.11 Å².